The molecule has 1 heteroatoms. The Labute approximate surface area is 97.9 Å². The minimum atomic E-state index is 0.319. The van der Waals surface area contributed by atoms with Gasteiger partial charge < -0.3 is 0 Å². The summed E-state index contributed by atoms with van der Waals surface area (Å²) in [5.41, 5.74) is 0.875. The molecule has 0 amide bonds. The van der Waals surface area contributed by atoms with Gasteiger partial charge in [-0.2, -0.15) is 0 Å². The fourth-order valence-corrected chi connectivity index (χ4v) is 2.68. The van der Waals surface area contributed by atoms with Gasteiger partial charge in [0.15, 0.2) is 5.78 Å². The van der Waals surface area contributed by atoms with Crippen LogP contribution in [-0.4, -0.2) is 5.78 Å². The first kappa shape index (κ1) is 11.4. The molecular formula is C15H20O. The topological polar surface area (TPSA) is 17.1 Å². The van der Waals surface area contributed by atoms with E-state index in [2.05, 4.69) is 6.92 Å². The van der Waals surface area contributed by atoms with E-state index in [0.29, 0.717) is 11.7 Å². The van der Waals surface area contributed by atoms with Gasteiger partial charge in [0.05, 0.1) is 0 Å². The van der Waals surface area contributed by atoms with Gasteiger partial charge in [-0.1, -0.05) is 56.5 Å². The Bertz CT molecular complexity index is 342. The number of Topliss-reactive ketones (excluding diaryl/α,β-unsaturated/α-hetero) is 1. The molecule has 0 bridgehead atoms. The average molecular weight is 216 g/mol. The maximum atomic E-state index is 12.1. The van der Waals surface area contributed by atoms with Crippen LogP contribution in [0.5, 0.6) is 0 Å². The number of hydrogen-bond acceptors (Lipinski definition) is 1. The number of benzene rings is 1. The van der Waals surface area contributed by atoms with Crippen LogP contribution in [-0.2, 0) is 0 Å². The third kappa shape index (κ3) is 2.72. The van der Waals surface area contributed by atoms with Crippen molar-refractivity contribution in [3.05, 3.63) is 35.9 Å². The zero-order chi connectivity index (χ0) is 11.4. The number of rotatable bonds is 3. The van der Waals surface area contributed by atoms with Gasteiger partial charge in [-0.25, -0.2) is 0 Å². The van der Waals surface area contributed by atoms with E-state index in [9.17, 15) is 4.79 Å². The Hall–Kier alpha value is -1.11. The molecule has 0 aliphatic heterocycles. The van der Waals surface area contributed by atoms with Crippen LogP contribution >= 0.6 is 0 Å². The first-order chi connectivity index (χ1) is 7.77. The van der Waals surface area contributed by atoms with Crippen molar-refractivity contribution in [3.8, 4) is 0 Å². The minimum Gasteiger partial charge on any atom is -0.294 e. The Morgan fingerprint density at radius 1 is 1.19 bits per heavy atom. The molecule has 0 N–H and O–H groups in total. The van der Waals surface area contributed by atoms with Gasteiger partial charge in [0.1, 0.15) is 0 Å². The normalized spacial score (nSPS) is 25.3. The first-order valence-electron chi connectivity index (χ1n) is 6.35. The number of hydrogen-bond donors (Lipinski definition) is 0. The highest BCUT2D eigenvalue weighted by molar-refractivity contribution is 5.96. The molecule has 1 fully saturated rings. The summed E-state index contributed by atoms with van der Waals surface area (Å²) >= 11 is 0. The van der Waals surface area contributed by atoms with Crippen molar-refractivity contribution >= 4 is 5.78 Å². The van der Waals surface area contributed by atoms with Crippen LogP contribution in [0.4, 0.5) is 0 Å². The van der Waals surface area contributed by atoms with Gasteiger partial charge >= 0.3 is 0 Å². The standard InChI is InChI=1S/C15H20O/c1-12-7-5-6-10-14(12)11-15(16)13-8-3-2-4-9-13/h2-4,8-9,12,14H,5-7,10-11H2,1H3/t12-,14-/m1/s1. The second-order valence-corrected chi connectivity index (χ2v) is 5.02. The lowest BCUT2D eigenvalue weighted by molar-refractivity contribution is 0.0927. The highest BCUT2D eigenvalue weighted by atomic mass is 16.1. The maximum Gasteiger partial charge on any atom is 0.163 e. The molecule has 0 aromatic heterocycles. The fourth-order valence-electron chi connectivity index (χ4n) is 2.68. The highest BCUT2D eigenvalue weighted by Crippen LogP contribution is 2.32. The molecule has 1 aliphatic rings. The maximum absolute atomic E-state index is 12.1. The smallest absolute Gasteiger partial charge is 0.163 e. The van der Waals surface area contributed by atoms with Crippen molar-refractivity contribution in [1.29, 1.82) is 0 Å². The molecule has 1 saturated carbocycles. The van der Waals surface area contributed by atoms with Crippen LogP contribution in [0.15, 0.2) is 30.3 Å². The summed E-state index contributed by atoms with van der Waals surface area (Å²) in [6, 6.07) is 9.70. The van der Waals surface area contributed by atoms with E-state index in [4.69, 9.17) is 0 Å². The van der Waals surface area contributed by atoms with Gasteiger partial charge in [0.25, 0.3) is 0 Å². The van der Waals surface area contributed by atoms with Gasteiger partial charge in [0.2, 0.25) is 0 Å². The summed E-state index contributed by atoms with van der Waals surface area (Å²) in [6.45, 7) is 2.29. The highest BCUT2D eigenvalue weighted by Gasteiger charge is 2.23. The van der Waals surface area contributed by atoms with Crippen LogP contribution in [0.25, 0.3) is 0 Å². The van der Waals surface area contributed by atoms with Gasteiger partial charge in [-0.15, -0.1) is 0 Å². The summed E-state index contributed by atoms with van der Waals surface area (Å²) < 4.78 is 0. The largest absolute Gasteiger partial charge is 0.294 e. The third-order valence-corrected chi connectivity index (χ3v) is 3.83. The number of carbonyl (C=O) groups excluding carboxylic acids is 1. The Morgan fingerprint density at radius 2 is 1.88 bits per heavy atom. The average Bonchev–Trinajstić information content (AvgIpc) is 2.33. The summed E-state index contributed by atoms with van der Waals surface area (Å²) in [5, 5.41) is 0. The van der Waals surface area contributed by atoms with Crippen molar-refractivity contribution in [2.24, 2.45) is 11.8 Å². The molecule has 0 spiro atoms. The van der Waals surface area contributed by atoms with Gasteiger partial charge in [0, 0.05) is 12.0 Å². The van der Waals surface area contributed by atoms with E-state index in [0.717, 1.165) is 17.9 Å². The van der Waals surface area contributed by atoms with E-state index < -0.39 is 0 Å². The van der Waals surface area contributed by atoms with Crippen molar-refractivity contribution in [1.82, 2.24) is 0 Å². The molecule has 1 aromatic rings. The molecular weight excluding hydrogens is 196 g/mol. The third-order valence-electron chi connectivity index (χ3n) is 3.83. The second-order valence-electron chi connectivity index (χ2n) is 5.02. The van der Waals surface area contributed by atoms with Crippen LogP contribution < -0.4 is 0 Å². The van der Waals surface area contributed by atoms with Crippen LogP contribution in [0, 0.1) is 11.8 Å². The zero-order valence-corrected chi connectivity index (χ0v) is 9.99. The lowest BCUT2D eigenvalue weighted by Crippen LogP contribution is -2.20. The van der Waals surface area contributed by atoms with E-state index >= 15 is 0 Å². The minimum absolute atomic E-state index is 0.319. The predicted octanol–water partition coefficient (Wildman–Crippen LogP) is 4.09. The summed E-state index contributed by atoms with van der Waals surface area (Å²) in [5.74, 6) is 1.65. The zero-order valence-electron chi connectivity index (χ0n) is 9.99. The molecule has 0 radical (unpaired) electrons. The summed E-state index contributed by atoms with van der Waals surface area (Å²) in [4.78, 5) is 12.1. The molecule has 0 heterocycles. The Morgan fingerprint density at radius 3 is 2.56 bits per heavy atom. The van der Waals surface area contributed by atoms with E-state index in [-0.39, 0.29) is 0 Å². The van der Waals surface area contributed by atoms with Crippen molar-refractivity contribution < 1.29 is 4.79 Å². The van der Waals surface area contributed by atoms with Crippen molar-refractivity contribution in [2.45, 2.75) is 39.0 Å². The molecule has 1 aromatic carbocycles. The van der Waals surface area contributed by atoms with E-state index in [1.54, 1.807) is 0 Å². The summed E-state index contributed by atoms with van der Waals surface area (Å²) in [7, 11) is 0. The fraction of sp³-hybridized carbons (Fsp3) is 0.533. The first-order valence-corrected chi connectivity index (χ1v) is 6.35. The molecule has 0 saturated heterocycles. The van der Waals surface area contributed by atoms with Crippen molar-refractivity contribution in [2.75, 3.05) is 0 Å². The van der Waals surface area contributed by atoms with E-state index in [1.807, 2.05) is 30.3 Å². The quantitative estimate of drug-likeness (QED) is 0.696. The molecule has 1 aliphatic carbocycles. The number of ketones is 1. The lowest BCUT2D eigenvalue weighted by Gasteiger charge is -2.28. The molecule has 2 rings (SSSR count). The molecule has 1 nitrogen and oxygen atoms in total. The predicted molar refractivity (Wildman–Crippen MR) is 66.5 cm³/mol. The summed E-state index contributed by atoms with van der Waals surface area (Å²) in [6.07, 6.45) is 5.92. The Kier molecular flexibility index (Phi) is 3.76. The molecule has 16 heavy (non-hydrogen) atoms. The molecule has 0 unspecified atom stereocenters. The molecule has 86 valence electrons. The van der Waals surface area contributed by atoms with Crippen molar-refractivity contribution in [3.63, 3.8) is 0 Å². The Balaban J connectivity index is 1.96. The number of carbonyl (C=O) groups is 1. The second kappa shape index (κ2) is 5.29. The van der Waals surface area contributed by atoms with Gasteiger partial charge in [-0.3, -0.25) is 4.79 Å². The van der Waals surface area contributed by atoms with Crippen LogP contribution in [0.3, 0.4) is 0 Å². The molecule has 2 atom stereocenters. The van der Waals surface area contributed by atoms with Gasteiger partial charge in [-0.05, 0) is 18.3 Å². The SMILES string of the molecule is C[C@@H]1CCCC[C@@H]1CC(=O)c1ccccc1. The van der Waals surface area contributed by atoms with Crippen LogP contribution in [0.2, 0.25) is 0 Å². The monoisotopic (exact) mass is 216 g/mol. The van der Waals surface area contributed by atoms with E-state index in [1.165, 1.54) is 25.7 Å². The lowest BCUT2D eigenvalue weighted by atomic mass is 9.77. The van der Waals surface area contributed by atoms with Crippen LogP contribution in [0.1, 0.15) is 49.4 Å².